The average Bonchev–Trinajstić information content (AvgIpc) is 3.23. The molecular formula is C33H35F3N2O4. The number of alkyl halides is 3. The first-order chi connectivity index (χ1) is 19.9. The van der Waals surface area contributed by atoms with Gasteiger partial charge in [0, 0.05) is 20.0 Å². The van der Waals surface area contributed by atoms with Crippen molar-refractivity contribution in [2.75, 3.05) is 20.2 Å². The second-order valence-corrected chi connectivity index (χ2v) is 10.7. The molecule has 3 aromatic rings. The van der Waals surface area contributed by atoms with Gasteiger partial charge < -0.3 is 19.7 Å². The van der Waals surface area contributed by atoms with E-state index < -0.39 is 28.8 Å². The van der Waals surface area contributed by atoms with Crippen molar-refractivity contribution in [1.29, 1.82) is 0 Å². The molecule has 1 fully saturated rings. The Hall–Kier alpha value is -4.27. The van der Waals surface area contributed by atoms with Gasteiger partial charge in [0.05, 0.1) is 17.7 Å². The fourth-order valence-corrected chi connectivity index (χ4v) is 5.08. The maximum absolute atomic E-state index is 13.0. The quantitative estimate of drug-likeness (QED) is 0.257. The number of amides is 2. The summed E-state index contributed by atoms with van der Waals surface area (Å²) < 4.78 is 50.4. The molecule has 0 aromatic heterocycles. The van der Waals surface area contributed by atoms with Crippen LogP contribution in [0.4, 0.5) is 18.0 Å². The van der Waals surface area contributed by atoms with Crippen molar-refractivity contribution in [2.24, 2.45) is 0 Å². The van der Waals surface area contributed by atoms with Crippen molar-refractivity contribution >= 4 is 18.1 Å². The van der Waals surface area contributed by atoms with Crippen LogP contribution in [0.5, 0.6) is 5.75 Å². The number of carbonyl (C=O) groups excluding carboxylic acids is 2. The summed E-state index contributed by atoms with van der Waals surface area (Å²) in [5, 5.41) is 2.85. The van der Waals surface area contributed by atoms with Gasteiger partial charge in [-0.25, -0.2) is 9.59 Å². The number of likely N-dealkylation sites (N-methyl/N-ethyl adjacent to an activating group) is 1. The van der Waals surface area contributed by atoms with E-state index in [4.69, 9.17) is 9.47 Å². The van der Waals surface area contributed by atoms with Crippen LogP contribution < -0.4 is 10.1 Å². The maximum Gasteiger partial charge on any atom is 0.416 e. The summed E-state index contributed by atoms with van der Waals surface area (Å²) >= 11 is 0. The highest BCUT2D eigenvalue weighted by atomic mass is 19.4. The molecule has 4 rings (SSSR count). The number of carbonyl (C=O) groups is 2. The Morgan fingerprint density at radius 2 is 1.64 bits per heavy atom. The molecule has 2 unspecified atom stereocenters. The number of esters is 1. The van der Waals surface area contributed by atoms with Crippen LogP contribution in [0.15, 0.2) is 84.9 Å². The monoisotopic (exact) mass is 580 g/mol. The van der Waals surface area contributed by atoms with Gasteiger partial charge in [0.1, 0.15) is 5.75 Å². The zero-order chi connectivity index (χ0) is 30.4. The molecule has 0 bridgehead atoms. The Morgan fingerprint density at radius 1 is 1.00 bits per heavy atom. The van der Waals surface area contributed by atoms with Gasteiger partial charge in [-0.2, -0.15) is 13.2 Å². The summed E-state index contributed by atoms with van der Waals surface area (Å²) in [5.74, 6) is 0.127. The van der Waals surface area contributed by atoms with Crippen LogP contribution in [0.25, 0.3) is 6.08 Å². The first-order valence-corrected chi connectivity index (χ1v) is 13.8. The minimum absolute atomic E-state index is 0.220. The van der Waals surface area contributed by atoms with Crippen LogP contribution in [0.1, 0.15) is 42.5 Å². The number of ether oxygens (including phenoxy) is 2. The van der Waals surface area contributed by atoms with E-state index in [0.717, 1.165) is 23.3 Å². The number of nitrogens with zero attached hydrogens (tertiary/aromatic N) is 1. The molecule has 2 atom stereocenters. The number of hydrogen-bond acceptors (Lipinski definition) is 4. The Morgan fingerprint density at radius 3 is 2.21 bits per heavy atom. The predicted octanol–water partition coefficient (Wildman–Crippen LogP) is 6.69. The lowest BCUT2D eigenvalue weighted by Crippen LogP contribution is -2.46. The van der Waals surface area contributed by atoms with Gasteiger partial charge >= 0.3 is 18.2 Å². The molecular weight excluding hydrogens is 545 g/mol. The number of hydrogen-bond donors (Lipinski definition) is 1. The van der Waals surface area contributed by atoms with E-state index in [1.807, 2.05) is 54.6 Å². The highest BCUT2D eigenvalue weighted by Gasteiger charge is 2.42. The van der Waals surface area contributed by atoms with Gasteiger partial charge in [-0.05, 0) is 67.6 Å². The molecule has 9 heteroatoms. The van der Waals surface area contributed by atoms with E-state index in [0.29, 0.717) is 37.1 Å². The van der Waals surface area contributed by atoms with E-state index in [1.165, 1.54) is 12.1 Å². The fraction of sp³-hybridized carbons (Fsp3) is 0.333. The smallest absolute Gasteiger partial charge is 0.416 e. The molecule has 1 heterocycles. The first kappa shape index (κ1) is 30.7. The summed E-state index contributed by atoms with van der Waals surface area (Å²) in [6.45, 7) is 4.09. The van der Waals surface area contributed by atoms with Gasteiger partial charge in [-0.3, -0.25) is 0 Å². The van der Waals surface area contributed by atoms with Gasteiger partial charge in [0.25, 0.3) is 0 Å². The Labute approximate surface area is 244 Å². The zero-order valence-corrected chi connectivity index (χ0v) is 23.9. The van der Waals surface area contributed by atoms with Crippen LogP contribution in [-0.2, 0) is 28.5 Å². The van der Waals surface area contributed by atoms with E-state index in [1.54, 1.807) is 37.9 Å². The zero-order valence-electron chi connectivity index (χ0n) is 23.9. The lowest BCUT2D eigenvalue weighted by molar-refractivity contribution is -0.160. The lowest BCUT2D eigenvalue weighted by atomic mass is 9.86. The molecule has 1 N–H and O–H groups in total. The maximum atomic E-state index is 13.0. The van der Waals surface area contributed by atoms with E-state index in [2.05, 4.69) is 5.32 Å². The van der Waals surface area contributed by atoms with Crippen LogP contribution in [0, 0.1) is 0 Å². The molecule has 0 radical (unpaired) electrons. The Kier molecular flexibility index (Phi) is 9.29. The van der Waals surface area contributed by atoms with Crippen molar-refractivity contribution in [3.63, 3.8) is 0 Å². The van der Waals surface area contributed by atoms with E-state index in [9.17, 15) is 22.8 Å². The lowest BCUT2D eigenvalue weighted by Gasteiger charge is -2.34. The van der Waals surface area contributed by atoms with E-state index in [-0.39, 0.29) is 12.6 Å². The third-order valence-corrected chi connectivity index (χ3v) is 7.52. The number of urea groups is 1. The molecule has 0 aliphatic carbocycles. The first-order valence-electron chi connectivity index (χ1n) is 13.8. The third-order valence-electron chi connectivity index (χ3n) is 7.52. The number of para-hydroxylation sites is 1. The van der Waals surface area contributed by atoms with Crippen LogP contribution in [0.2, 0.25) is 0 Å². The molecule has 1 aliphatic rings. The third kappa shape index (κ3) is 7.32. The summed E-state index contributed by atoms with van der Waals surface area (Å²) in [4.78, 5) is 26.8. The molecule has 0 saturated carbocycles. The SMILES string of the molecule is CCOC(=O)C(C)(Cc1ccc(C=CCC2(Cc3ccc(C(F)(F)F)cc3)CNC(=O)N2C)cc1)Oc1ccccc1. The Bertz CT molecular complexity index is 1390. The van der Waals surface area contributed by atoms with Crippen molar-refractivity contribution in [3.05, 3.63) is 107 Å². The predicted molar refractivity (Wildman–Crippen MR) is 155 cm³/mol. The molecule has 6 nitrogen and oxygen atoms in total. The van der Waals surface area contributed by atoms with Crippen molar-refractivity contribution in [2.45, 2.75) is 50.4 Å². The fourth-order valence-electron chi connectivity index (χ4n) is 5.08. The van der Waals surface area contributed by atoms with Crippen LogP contribution in [-0.4, -0.2) is 48.2 Å². The molecule has 222 valence electrons. The molecule has 2 amide bonds. The molecule has 42 heavy (non-hydrogen) atoms. The van der Waals surface area contributed by atoms with Gasteiger partial charge in [-0.1, -0.05) is 66.7 Å². The summed E-state index contributed by atoms with van der Waals surface area (Å²) in [7, 11) is 1.70. The van der Waals surface area contributed by atoms with Gasteiger partial charge in [-0.15, -0.1) is 0 Å². The molecule has 1 saturated heterocycles. The van der Waals surface area contributed by atoms with Gasteiger partial charge in [0.15, 0.2) is 0 Å². The number of rotatable bonds is 11. The van der Waals surface area contributed by atoms with Crippen molar-refractivity contribution in [3.8, 4) is 5.75 Å². The second-order valence-electron chi connectivity index (χ2n) is 10.7. The van der Waals surface area contributed by atoms with Gasteiger partial charge in [0.2, 0.25) is 5.60 Å². The largest absolute Gasteiger partial charge is 0.476 e. The highest BCUT2D eigenvalue weighted by Crippen LogP contribution is 2.32. The van der Waals surface area contributed by atoms with Crippen LogP contribution >= 0.6 is 0 Å². The summed E-state index contributed by atoms with van der Waals surface area (Å²) in [6.07, 6.45) is 0.716. The summed E-state index contributed by atoms with van der Waals surface area (Å²) in [5.41, 5.74) is -0.0126. The Balaban J connectivity index is 1.46. The average molecular weight is 581 g/mol. The number of nitrogens with one attached hydrogen (secondary N) is 1. The van der Waals surface area contributed by atoms with Crippen molar-refractivity contribution in [1.82, 2.24) is 10.2 Å². The standard InChI is InChI=1S/C33H35F3N2O4/c1-4-41-29(39)31(2,42-28-10-6-5-7-11-28)21-25-14-12-24(13-15-25)9-8-20-32(23-37-30(40)38(32)3)22-26-16-18-27(19-17-26)33(34,35)36/h5-19H,4,20-23H2,1-3H3,(H,37,40). The minimum atomic E-state index is -4.40. The van der Waals surface area contributed by atoms with Crippen LogP contribution in [0.3, 0.4) is 0 Å². The highest BCUT2D eigenvalue weighted by molar-refractivity contribution is 5.80. The second kappa shape index (κ2) is 12.7. The van der Waals surface area contributed by atoms with E-state index >= 15 is 0 Å². The molecule has 3 aromatic carbocycles. The number of benzene rings is 3. The van der Waals surface area contributed by atoms with Crippen molar-refractivity contribution < 1.29 is 32.2 Å². The normalized spacial score (nSPS) is 18.5. The topological polar surface area (TPSA) is 67.9 Å². The minimum Gasteiger partial charge on any atom is -0.476 e. The molecule has 1 aliphatic heterocycles. The summed E-state index contributed by atoms with van der Waals surface area (Å²) in [6, 6.07) is 21.7. The number of halogens is 3. The molecule has 0 spiro atoms.